The van der Waals surface area contributed by atoms with Crippen LogP contribution in [-0.2, 0) is 9.47 Å². The topological polar surface area (TPSA) is 58.9 Å². The van der Waals surface area contributed by atoms with Crippen LogP contribution in [0.2, 0.25) is 0 Å². The third-order valence-electron chi connectivity index (χ3n) is 1.62. The average molecular weight is 239 g/mol. The third kappa shape index (κ3) is 1.98. The fourth-order valence-corrected chi connectivity index (χ4v) is 1.29. The van der Waals surface area contributed by atoms with Crippen molar-refractivity contribution in [2.75, 3.05) is 12.4 Å². The van der Waals surface area contributed by atoms with Gasteiger partial charge < -0.3 is 19.7 Å². The van der Waals surface area contributed by atoms with Crippen LogP contribution in [-0.4, -0.2) is 41.2 Å². The van der Waals surface area contributed by atoms with E-state index in [0.29, 0.717) is 11.1 Å². The standard InChI is InChI=1S/C7H11BrO4/c1-11-7-6(10)5(9)2-4(3-8)12-7/h2,5-7,9-10H,3H2,1H3/t5-,6+,7-/m0/s1. The van der Waals surface area contributed by atoms with Crippen molar-refractivity contribution in [2.24, 2.45) is 0 Å². The van der Waals surface area contributed by atoms with Gasteiger partial charge in [0.05, 0.1) is 5.33 Å². The molecule has 1 aliphatic rings. The van der Waals surface area contributed by atoms with E-state index in [1.807, 2.05) is 0 Å². The molecule has 1 rings (SSSR count). The quantitative estimate of drug-likeness (QED) is 0.665. The molecule has 0 radical (unpaired) electrons. The van der Waals surface area contributed by atoms with Crippen LogP contribution in [0.5, 0.6) is 0 Å². The molecule has 0 bridgehead atoms. The van der Waals surface area contributed by atoms with E-state index in [9.17, 15) is 10.2 Å². The van der Waals surface area contributed by atoms with Gasteiger partial charge in [0.2, 0.25) is 6.29 Å². The summed E-state index contributed by atoms with van der Waals surface area (Å²) in [5.41, 5.74) is 0. The summed E-state index contributed by atoms with van der Waals surface area (Å²) in [6.07, 6.45) is -1.26. The zero-order chi connectivity index (χ0) is 9.14. The molecule has 0 aromatic carbocycles. The van der Waals surface area contributed by atoms with E-state index in [0.717, 1.165) is 0 Å². The van der Waals surface area contributed by atoms with Crippen LogP contribution < -0.4 is 0 Å². The maximum atomic E-state index is 9.29. The molecule has 0 amide bonds. The molecule has 0 aliphatic carbocycles. The van der Waals surface area contributed by atoms with Crippen molar-refractivity contribution >= 4 is 15.9 Å². The molecule has 0 fully saturated rings. The van der Waals surface area contributed by atoms with Crippen LogP contribution in [0.25, 0.3) is 0 Å². The van der Waals surface area contributed by atoms with E-state index in [1.54, 1.807) is 0 Å². The van der Waals surface area contributed by atoms with Gasteiger partial charge in [0, 0.05) is 7.11 Å². The summed E-state index contributed by atoms with van der Waals surface area (Å²) in [5, 5.41) is 19.1. The summed E-state index contributed by atoms with van der Waals surface area (Å²) in [4.78, 5) is 0. The molecule has 0 saturated carbocycles. The first-order valence-electron chi connectivity index (χ1n) is 3.51. The van der Waals surface area contributed by atoms with E-state index >= 15 is 0 Å². The molecule has 1 heterocycles. The largest absolute Gasteiger partial charge is 0.466 e. The first-order valence-corrected chi connectivity index (χ1v) is 4.63. The minimum atomic E-state index is -1.02. The second-order valence-corrected chi connectivity index (χ2v) is 3.03. The monoisotopic (exact) mass is 238 g/mol. The average Bonchev–Trinajstić information content (AvgIpc) is 2.09. The fraction of sp³-hybridized carbons (Fsp3) is 0.714. The molecule has 0 saturated heterocycles. The predicted molar refractivity (Wildman–Crippen MR) is 45.8 cm³/mol. The maximum absolute atomic E-state index is 9.29. The fourth-order valence-electron chi connectivity index (χ4n) is 0.972. The lowest BCUT2D eigenvalue weighted by Crippen LogP contribution is -2.42. The number of aliphatic hydroxyl groups is 2. The Morgan fingerprint density at radius 3 is 2.83 bits per heavy atom. The summed E-state index contributed by atoms with van der Waals surface area (Å²) < 4.78 is 9.96. The Labute approximate surface area is 78.9 Å². The van der Waals surface area contributed by atoms with E-state index in [-0.39, 0.29) is 0 Å². The van der Waals surface area contributed by atoms with Crippen molar-refractivity contribution < 1.29 is 19.7 Å². The lowest BCUT2D eigenvalue weighted by atomic mass is 10.1. The molecule has 0 aromatic heterocycles. The van der Waals surface area contributed by atoms with Gasteiger partial charge in [-0.3, -0.25) is 0 Å². The van der Waals surface area contributed by atoms with Gasteiger partial charge in [-0.25, -0.2) is 0 Å². The van der Waals surface area contributed by atoms with Crippen molar-refractivity contribution in [1.82, 2.24) is 0 Å². The van der Waals surface area contributed by atoms with E-state index in [1.165, 1.54) is 13.2 Å². The van der Waals surface area contributed by atoms with Gasteiger partial charge in [-0.2, -0.15) is 0 Å². The lowest BCUT2D eigenvalue weighted by molar-refractivity contribution is -0.189. The predicted octanol–water partition coefficient (Wildman–Crippen LogP) is -0.0103. The highest BCUT2D eigenvalue weighted by atomic mass is 79.9. The number of rotatable bonds is 2. The molecule has 2 N–H and O–H groups in total. The minimum absolute atomic E-state index is 0.497. The number of alkyl halides is 1. The molecule has 4 nitrogen and oxygen atoms in total. The van der Waals surface area contributed by atoms with Crippen LogP contribution in [0, 0.1) is 0 Å². The van der Waals surface area contributed by atoms with E-state index < -0.39 is 18.5 Å². The van der Waals surface area contributed by atoms with Gasteiger partial charge in [-0.05, 0) is 6.08 Å². The molecule has 0 spiro atoms. The molecular weight excluding hydrogens is 228 g/mol. The first kappa shape index (κ1) is 9.98. The summed E-state index contributed by atoms with van der Waals surface area (Å²) in [7, 11) is 1.41. The summed E-state index contributed by atoms with van der Waals surface area (Å²) in [6.45, 7) is 0. The highest BCUT2D eigenvalue weighted by Gasteiger charge is 2.31. The summed E-state index contributed by atoms with van der Waals surface area (Å²) in [6, 6.07) is 0. The Balaban J connectivity index is 2.68. The zero-order valence-corrected chi connectivity index (χ0v) is 8.19. The van der Waals surface area contributed by atoms with Gasteiger partial charge in [0.15, 0.2) is 0 Å². The van der Waals surface area contributed by atoms with Gasteiger partial charge in [-0.1, -0.05) is 15.9 Å². The minimum Gasteiger partial charge on any atom is -0.466 e. The second-order valence-electron chi connectivity index (χ2n) is 2.47. The molecule has 1 aliphatic heterocycles. The number of allylic oxidation sites excluding steroid dienone is 1. The first-order chi connectivity index (χ1) is 5.69. The Kier molecular flexibility index (Phi) is 3.52. The SMILES string of the molecule is CO[C@H]1OC(CBr)=C[C@H](O)[C@H]1O. The van der Waals surface area contributed by atoms with Crippen LogP contribution in [0.15, 0.2) is 11.8 Å². The lowest BCUT2D eigenvalue weighted by Gasteiger charge is -2.30. The molecule has 3 atom stereocenters. The number of hydrogen-bond donors (Lipinski definition) is 2. The Morgan fingerprint density at radius 1 is 1.67 bits per heavy atom. The Hall–Kier alpha value is -0.100. The maximum Gasteiger partial charge on any atom is 0.228 e. The summed E-state index contributed by atoms with van der Waals surface area (Å²) in [5.74, 6) is 0.569. The smallest absolute Gasteiger partial charge is 0.228 e. The van der Waals surface area contributed by atoms with Crippen LogP contribution in [0.3, 0.4) is 0 Å². The van der Waals surface area contributed by atoms with Crippen molar-refractivity contribution in [1.29, 1.82) is 0 Å². The second kappa shape index (κ2) is 4.23. The third-order valence-corrected chi connectivity index (χ3v) is 2.17. The van der Waals surface area contributed by atoms with Gasteiger partial charge in [0.1, 0.15) is 18.0 Å². The number of methoxy groups -OCH3 is 1. The van der Waals surface area contributed by atoms with Crippen molar-refractivity contribution in [3.05, 3.63) is 11.8 Å². The molecule has 0 unspecified atom stereocenters. The molecule has 0 aromatic rings. The normalized spacial score (nSPS) is 35.7. The number of hydrogen-bond acceptors (Lipinski definition) is 4. The molecule has 70 valence electrons. The van der Waals surface area contributed by atoms with Gasteiger partial charge in [-0.15, -0.1) is 0 Å². The van der Waals surface area contributed by atoms with Crippen LogP contribution in [0.4, 0.5) is 0 Å². The Bertz CT molecular complexity index is 182. The van der Waals surface area contributed by atoms with Crippen LogP contribution >= 0.6 is 15.9 Å². The number of aliphatic hydroxyl groups excluding tert-OH is 2. The highest BCUT2D eigenvalue weighted by Crippen LogP contribution is 2.19. The number of ether oxygens (including phenoxy) is 2. The molecule has 12 heavy (non-hydrogen) atoms. The van der Waals surface area contributed by atoms with Crippen molar-refractivity contribution in [3.8, 4) is 0 Å². The highest BCUT2D eigenvalue weighted by molar-refractivity contribution is 9.09. The van der Waals surface area contributed by atoms with E-state index in [2.05, 4.69) is 15.9 Å². The van der Waals surface area contributed by atoms with E-state index in [4.69, 9.17) is 9.47 Å². The Morgan fingerprint density at radius 2 is 2.33 bits per heavy atom. The van der Waals surface area contributed by atoms with Gasteiger partial charge in [0.25, 0.3) is 0 Å². The van der Waals surface area contributed by atoms with Crippen molar-refractivity contribution in [2.45, 2.75) is 18.5 Å². The van der Waals surface area contributed by atoms with Gasteiger partial charge >= 0.3 is 0 Å². The molecular formula is C7H11BrO4. The number of halogens is 1. The van der Waals surface area contributed by atoms with Crippen LogP contribution in [0.1, 0.15) is 0 Å². The zero-order valence-electron chi connectivity index (χ0n) is 6.61. The van der Waals surface area contributed by atoms with Crippen molar-refractivity contribution in [3.63, 3.8) is 0 Å². The molecule has 5 heteroatoms. The summed E-state index contributed by atoms with van der Waals surface area (Å²) >= 11 is 3.17.